The number of carboxylic acid groups (broad SMARTS) is 1. The van der Waals surface area contributed by atoms with E-state index in [1.807, 2.05) is 0 Å². The van der Waals surface area contributed by atoms with E-state index < -0.39 is 5.97 Å². The molecule has 2 aromatic carbocycles. The Morgan fingerprint density at radius 1 is 1.23 bits per heavy atom. The summed E-state index contributed by atoms with van der Waals surface area (Å²) < 4.78 is 11.3. The van der Waals surface area contributed by atoms with Crippen LogP contribution in [0.15, 0.2) is 63.9 Å². The first-order chi connectivity index (χ1) is 14.9. The van der Waals surface area contributed by atoms with Gasteiger partial charge in [-0.15, -0.1) is 0 Å². The Hall–Kier alpha value is -3.07. The largest absolute Gasteiger partial charge is 0.495 e. The van der Waals surface area contributed by atoms with E-state index >= 15 is 0 Å². The zero-order valence-electron chi connectivity index (χ0n) is 16.0. The van der Waals surface area contributed by atoms with Gasteiger partial charge in [0, 0.05) is 11.6 Å². The Balaban J connectivity index is 1.63. The van der Waals surface area contributed by atoms with E-state index in [2.05, 4.69) is 0 Å². The highest BCUT2D eigenvalue weighted by molar-refractivity contribution is 8.27. The van der Waals surface area contributed by atoms with Gasteiger partial charge in [0.05, 0.1) is 28.3 Å². The summed E-state index contributed by atoms with van der Waals surface area (Å²) in [5, 5.41) is 9.75. The van der Waals surface area contributed by atoms with E-state index in [0.29, 0.717) is 42.8 Å². The molecule has 1 aromatic heterocycles. The lowest BCUT2D eigenvalue weighted by molar-refractivity contribution is -0.113. The molecule has 31 heavy (non-hydrogen) atoms. The molecule has 0 unspecified atom stereocenters. The van der Waals surface area contributed by atoms with Gasteiger partial charge < -0.3 is 14.3 Å². The highest BCUT2D eigenvalue weighted by atomic mass is 35.5. The summed E-state index contributed by atoms with van der Waals surface area (Å²) >= 11 is 12.7. The van der Waals surface area contributed by atoms with Gasteiger partial charge in [0.15, 0.2) is 4.32 Å². The van der Waals surface area contributed by atoms with Gasteiger partial charge in [-0.3, -0.25) is 9.69 Å². The molecule has 1 aliphatic rings. The van der Waals surface area contributed by atoms with Gasteiger partial charge in [-0.25, -0.2) is 4.79 Å². The molecule has 2 heterocycles. The highest BCUT2D eigenvalue weighted by Gasteiger charge is 2.34. The summed E-state index contributed by atoms with van der Waals surface area (Å²) in [6, 6.07) is 14.9. The lowest BCUT2D eigenvalue weighted by Gasteiger charge is -2.15. The van der Waals surface area contributed by atoms with Crippen molar-refractivity contribution in [2.45, 2.75) is 0 Å². The van der Waals surface area contributed by atoms with Crippen LogP contribution in [0.2, 0.25) is 5.02 Å². The molecule has 3 aromatic rings. The predicted octanol–water partition coefficient (Wildman–Crippen LogP) is 5.71. The van der Waals surface area contributed by atoms with Gasteiger partial charge in [-0.05, 0) is 36.4 Å². The van der Waals surface area contributed by atoms with E-state index in [4.69, 9.17) is 33.0 Å². The molecule has 0 saturated carbocycles. The molecule has 1 saturated heterocycles. The molecule has 4 rings (SSSR count). The first-order valence-electron chi connectivity index (χ1n) is 8.93. The monoisotopic (exact) mass is 471 g/mol. The summed E-state index contributed by atoms with van der Waals surface area (Å²) in [5.74, 6) is -0.0611. The van der Waals surface area contributed by atoms with Crippen molar-refractivity contribution in [3.63, 3.8) is 0 Å². The van der Waals surface area contributed by atoms with Crippen molar-refractivity contribution < 1.29 is 23.8 Å². The van der Waals surface area contributed by atoms with Crippen LogP contribution in [0.1, 0.15) is 16.1 Å². The van der Waals surface area contributed by atoms with Crippen molar-refractivity contribution in [1.82, 2.24) is 0 Å². The lowest BCUT2D eigenvalue weighted by Crippen LogP contribution is -2.27. The summed E-state index contributed by atoms with van der Waals surface area (Å²) in [6.07, 6.45) is 1.58. The number of hydrogen-bond donors (Lipinski definition) is 1. The normalized spacial score (nSPS) is 15.0. The van der Waals surface area contributed by atoms with Gasteiger partial charge >= 0.3 is 5.97 Å². The van der Waals surface area contributed by atoms with Crippen LogP contribution in [0.25, 0.3) is 17.4 Å². The van der Waals surface area contributed by atoms with E-state index in [9.17, 15) is 14.7 Å². The number of amides is 1. The molecular formula is C22H14ClNO5S2. The smallest absolute Gasteiger partial charge is 0.336 e. The second kappa shape index (κ2) is 8.58. The standard InChI is InChI=1S/C22H14ClNO5S2/c1-28-18-8-6-12(10-16(18)23)24-20(25)19(31-22(24)30)11-13-7-9-17(29-13)14-4-2-3-5-15(14)21(26)27/h2-11H,1H3,(H,26,27)/b19-11-. The number of anilines is 1. The van der Waals surface area contributed by atoms with Gasteiger partial charge in [0.2, 0.25) is 0 Å². The Morgan fingerprint density at radius 3 is 2.71 bits per heavy atom. The van der Waals surface area contributed by atoms with Crippen LogP contribution >= 0.6 is 35.6 Å². The maximum Gasteiger partial charge on any atom is 0.336 e. The number of benzene rings is 2. The molecular weight excluding hydrogens is 458 g/mol. The fourth-order valence-corrected chi connectivity index (χ4v) is 4.60. The number of halogens is 1. The van der Waals surface area contributed by atoms with Gasteiger partial charge in [-0.2, -0.15) is 0 Å². The Morgan fingerprint density at radius 2 is 2.00 bits per heavy atom. The van der Waals surface area contributed by atoms with Crippen LogP contribution in [-0.4, -0.2) is 28.4 Å². The van der Waals surface area contributed by atoms with Crippen LogP contribution in [0.5, 0.6) is 5.75 Å². The van der Waals surface area contributed by atoms with E-state index in [-0.39, 0.29) is 11.5 Å². The topological polar surface area (TPSA) is 80.0 Å². The molecule has 0 bridgehead atoms. The minimum atomic E-state index is -1.05. The number of aromatic carboxylic acids is 1. The molecule has 0 radical (unpaired) electrons. The number of rotatable bonds is 5. The van der Waals surface area contributed by atoms with Crippen molar-refractivity contribution in [2.24, 2.45) is 0 Å². The number of methoxy groups -OCH3 is 1. The van der Waals surface area contributed by atoms with Crippen LogP contribution < -0.4 is 9.64 Å². The Bertz CT molecular complexity index is 1250. The van der Waals surface area contributed by atoms with Crippen molar-refractivity contribution >= 4 is 63.5 Å². The van der Waals surface area contributed by atoms with Crippen molar-refractivity contribution in [1.29, 1.82) is 0 Å². The van der Waals surface area contributed by atoms with E-state index in [0.717, 1.165) is 11.8 Å². The molecule has 9 heteroatoms. The third-order valence-corrected chi connectivity index (χ3v) is 6.11. The number of furan rings is 1. The van der Waals surface area contributed by atoms with Crippen molar-refractivity contribution in [2.75, 3.05) is 12.0 Å². The second-order valence-corrected chi connectivity index (χ2v) is 8.47. The maximum absolute atomic E-state index is 13.0. The van der Waals surface area contributed by atoms with E-state index in [1.54, 1.807) is 54.6 Å². The Labute approximate surface area is 192 Å². The fraction of sp³-hybridized carbons (Fsp3) is 0.0455. The van der Waals surface area contributed by atoms with Gasteiger partial charge in [0.1, 0.15) is 17.3 Å². The first-order valence-corrected chi connectivity index (χ1v) is 10.5. The molecule has 1 aliphatic heterocycles. The number of thiocarbonyl (C=S) groups is 1. The molecule has 0 spiro atoms. The molecule has 0 aliphatic carbocycles. The van der Waals surface area contributed by atoms with Crippen molar-refractivity contribution in [3.05, 3.63) is 75.8 Å². The average molecular weight is 472 g/mol. The SMILES string of the molecule is COc1ccc(N2C(=O)/C(=C/c3ccc(-c4ccccc4C(=O)O)o3)SC2=S)cc1Cl. The third-order valence-electron chi connectivity index (χ3n) is 4.51. The molecule has 1 amide bonds. The molecule has 6 nitrogen and oxygen atoms in total. The number of carbonyl (C=O) groups excluding carboxylic acids is 1. The summed E-state index contributed by atoms with van der Waals surface area (Å²) in [5.41, 5.74) is 1.12. The third kappa shape index (κ3) is 4.10. The minimum absolute atomic E-state index is 0.131. The first kappa shape index (κ1) is 21.2. The number of thioether (sulfide) groups is 1. The maximum atomic E-state index is 13.0. The van der Waals surface area contributed by atoms with Crippen LogP contribution in [-0.2, 0) is 4.79 Å². The number of ether oxygens (including phenoxy) is 1. The fourth-order valence-electron chi connectivity index (χ4n) is 3.07. The number of carbonyl (C=O) groups is 2. The molecule has 156 valence electrons. The zero-order valence-corrected chi connectivity index (χ0v) is 18.4. The summed E-state index contributed by atoms with van der Waals surface area (Å²) in [4.78, 5) is 26.2. The Kier molecular flexibility index (Phi) is 5.86. The quantitative estimate of drug-likeness (QED) is 0.377. The van der Waals surface area contributed by atoms with Crippen LogP contribution in [0, 0.1) is 0 Å². The highest BCUT2D eigenvalue weighted by Crippen LogP contribution is 2.39. The average Bonchev–Trinajstić information content (AvgIpc) is 3.32. The zero-order chi connectivity index (χ0) is 22.1. The van der Waals surface area contributed by atoms with Gasteiger partial charge in [0.25, 0.3) is 5.91 Å². The number of nitrogens with zero attached hydrogens (tertiary/aromatic N) is 1. The number of carboxylic acids is 1. The van der Waals surface area contributed by atoms with Crippen molar-refractivity contribution in [3.8, 4) is 17.1 Å². The van der Waals surface area contributed by atoms with Crippen LogP contribution in [0.3, 0.4) is 0 Å². The molecule has 1 N–H and O–H groups in total. The van der Waals surface area contributed by atoms with Crippen LogP contribution in [0.4, 0.5) is 5.69 Å². The summed E-state index contributed by atoms with van der Waals surface area (Å²) in [6.45, 7) is 0. The number of hydrogen-bond acceptors (Lipinski definition) is 6. The second-order valence-electron chi connectivity index (χ2n) is 6.39. The van der Waals surface area contributed by atoms with E-state index in [1.165, 1.54) is 18.1 Å². The minimum Gasteiger partial charge on any atom is -0.495 e. The predicted molar refractivity (Wildman–Crippen MR) is 125 cm³/mol. The van der Waals surface area contributed by atoms with Gasteiger partial charge in [-0.1, -0.05) is 53.8 Å². The molecule has 0 atom stereocenters. The molecule has 1 fully saturated rings. The summed E-state index contributed by atoms with van der Waals surface area (Å²) in [7, 11) is 1.51. The lowest BCUT2D eigenvalue weighted by atomic mass is 10.1.